The van der Waals surface area contributed by atoms with Crippen LogP contribution in [0.5, 0.6) is 11.5 Å². The molecule has 0 aliphatic carbocycles. The second-order valence-corrected chi connectivity index (χ2v) is 9.31. The molecule has 0 atom stereocenters. The van der Waals surface area contributed by atoms with E-state index in [4.69, 9.17) is 9.47 Å². The Morgan fingerprint density at radius 1 is 0.970 bits per heavy atom. The number of carbonyl (C=O) groups is 1. The monoisotopic (exact) mass is 614 g/mol. The molecule has 4 rings (SSSR count). The summed E-state index contributed by atoms with van der Waals surface area (Å²) in [6.07, 6.45) is 1.61. The smallest absolute Gasteiger partial charge is 0.277 e. The number of rotatable bonds is 8. The summed E-state index contributed by atoms with van der Waals surface area (Å²) in [7, 11) is 0. The van der Waals surface area contributed by atoms with Gasteiger partial charge in [0.2, 0.25) is 0 Å². The number of ether oxygens (including phenoxy) is 2. The van der Waals surface area contributed by atoms with Gasteiger partial charge >= 0.3 is 0 Å². The van der Waals surface area contributed by atoms with Crippen LogP contribution in [0, 0.1) is 3.57 Å². The van der Waals surface area contributed by atoms with Crippen molar-refractivity contribution in [2.45, 2.75) is 6.61 Å². The lowest BCUT2D eigenvalue weighted by Crippen LogP contribution is -2.24. The van der Waals surface area contributed by atoms with Gasteiger partial charge in [-0.15, -0.1) is 0 Å². The highest BCUT2D eigenvalue weighted by molar-refractivity contribution is 14.1. The Morgan fingerprint density at radius 3 is 2.61 bits per heavy atom. The van der Waals surface area contributed by atoms with Gasteiger partial charge in [-0.1, -0.05) is 58.4 Å². The van der Waals surface area contributed by atoms with Gasteiger partial charge in [0.1, 0.15) is 18.1 Å². The summed E-state index contributed by atoms with van der Waals surface area (Å²) >= 11 is 5.70. The van der Waals surface area contributed by atoms with E-state index in [1.165, 1.54) is 0 Å². The van der Waals surface area contributed by atoms with Crippen LogP contribution in [0.4, 0.5) is 0 Å². The molecule has 4 aromatic carbocycles. The van der Waals surface area contributed by atoms with Crippen LogP contribution in [0.25, 0.3) is 10.8 Å². The van der Waals surface area contributed by atoms with Crippen LogP contribution in [0.3, 0.4) is 0 Å². The Kier molecular flexibility index (Phi) is 7.96. The molecule has 0 aliphatic rings. The summed E-state index contributed by atoms with van der Waals surface area (Å²) in [5.41, 5.74) is 4.36. The highest BCUT2D eigenvalue weighted by Gasteiger charge is 2.09. The van der Waals surface area contributed by atoms with E-state index in [-0.39, 0.29) is 12.5 Å². The Hall–Kier alpha value is -2.91. The fourth-order valence-corrected chi connectivity index (χ4v) is 4.01. The van der Waals surface area contributed by atoms with Gasteiger partial charge in [-0.2, -0.15) is 5.10 Å². The molecule has 33 heavy (non-hydrogen) atoms. The first-order valence-corrected chi connectivity index (χ1v) is 12.0. The minimum absolute atomic E-state index is 0.125. The van der Waals surface area contributed by atoms with Crippen LogP contribution in [-0.2, 0) is 11.4 Å². The van der Waals surface area contributed by atoms with Gasteiger partial charge in [0, 0.05) is 13.6 Å². The first-order valence-electron chi connectivity index (χ1n) is 10.2. The van der Waals surface area contributed by atoms with Crippen molar-refractivity contribution in [1.82, 2.24) is 5.43 Å². The average Bonchev–Trinajstić information content (AvgIpc) is 2.83. The van der Waals surface area contributed by atoms with E-state index >= 15 is 0 Å². The fraction of sp³-hybridized carbons (Fsp3) is 0.0769. The molecule has 0 unspecified atom stereocenters. The van der Waals surface area contributed by atoms with Crippen molar-refractivity contribution >= 4 is 61.4 Å². The predicted octanol–water partition coefficient (Wildman–Crippen LogP) is 6.32. The zero-order valence-corrected chi connectivity index (χ0v) is 21.2. The van der Waals surface area contributed by atoms with E-state index in [0.717, 1.165) is 29.9 Å². The largest absolute Gasteiger partial charge is 0.488 e. The molecule has 0 bridgehead atoms. The first-order chi connectivity index (χ1) is 16.1. The van der Waals surface area contributed by atoms with Gasteiger partial charge in [-0.3, -0.25) is 4.79 Å². The second kappa shape index (κ2) is 11.3. The number of halogens is 2. The number of carbonyl (C=O) groups excluding carboxylic acids is 1. The molecule has 0 spiro atoms. The molecule has 0 heterocycles. The Bertz CT molecular complexity index is 1290. The lowest BCUT2D eigenvalue weighted by atomic mass is 10.0. The number of fused-ring (bicyclic) bond motifs is 1. The summed E-state index contributed by atoms with van der Waals surface area (Å²) in [5, 5.41) is 6.20. The third-order valence-electron chi connectivity index (χ3n) is 4.78. The van der Waals surface area contributed by atoms with E-state index < -0.39 is 0 Å². The van der Waals surface area contributed by atoms with Crippen molar-refractivity contribution in [3.63, 3.8) is 0 Å². The molecule has 0 aliphatic heterocycles. The van der Waals surface area contributed by atoms with E-state index in [1.54, 1.807) is 6.21 Å². The fourth-order valence-electron chi connectivity index (χ4n) is 3.20. The molecule has 7 heteroatoms. The van der Waals surface area contributed by atoms with Gasteiger partial charge in [0.05, 0.1) is 6.21 Å². The number of hydrazone groups is 1. The van der Waals surface area contributed by atoms with Crippen LogP contribution >= 0.6 is 38.5 Å². The SMILES string of the molecule is O=C(COc1ccc(I)cc1)N/N=C/c1c(OCc2cccc(Br)c2)ccc2ccccc12. The van der Waals surface area contributed by atoms with Crippen molar-refractivity contribution in [2.24, 2.45) is 5.10 Å². The number of nitrogens with one attached hydrogen (secondary N) is 1. The van der Waals surface area contributed by atoms with Crippen LogP contribution in [0.1, 0.15) is 11.1 Å². The summed E-state index contributed by atoms with van der Waals surface area (Å²) in [5.74, 6) is 0.968. The summed E-state index contributed by atoms with van der Waals surface area (Å²) in [6, 6.07) is 27.4. The van der Waals surface area contributed by atoms with E-state index in [9.17, 15) is 4.79 Å². The number of hydrogen-bond donors (Lipinski definition) is 1. The van der Waals surface area contributed by atoms with Crippen molar-refractivity contribution in [3.05, 3.63) is 104 Å². The average molecular weight is 615 g/mol. The van der Waals surface area contributed by atoms with Crippen molar-refractivity contribution in [3.8, 4) is 11.5 Å². The maximum atomic E-state index is 12.2. The van der Waals surface area contributed by atoms with Gasteiger partial charge in [-0.25, -0.2) is 5.43 Å². The predicted molar refractivity (Wildman–Crippen MR) is 143 cm³/mol. The first kappa shape index (κ1) is 23.3. The zero-order valence-electron chi connectivity index (χ0n) is 17.5. The molecule has 1 N–H and O–H groups in total. The Morgan fingerprint density at radius 2 is 1.79 bits per heavy atom. The minimum Gasteiger partial charge on any atom is -0.488 e. The third-order valence-corrected chi connectivity index (χ3v) is 5.99. The van der Waals surface area contributed by atoms with E-state index in [0.29, 0.717) is 18.1 Å². The molecule has 0 aromatic heterocycles. The Labute approximate surface area is 214 Å². The molecular weight excluding hydrogens is 595 g/mol. The summed E-state index contributed by atoms with van der Waals surface area (Å²) in [6.45, 7) is 0.286. The van der Waals surface area contributed by atoms with E-state index in [2.05, 4.69) is 49.0 Å². The molecule has 0 saturated heterocycles. The van der Waals surface area contributed by atoms with E-state index in [1.807, 2.05) is 84.9 Å². The standard InChI is InChI=1S/C26H20BrIN2O3/c27-20-6-3-4-18(14-20)16-33-25-13-8-19-5-1-2-7-23(19)24(25)15-29-30-26(31)17-32-22-11-9-21(28)10-12-22/h1-15H,16-17H2,(H,30,31)/b29-15+. The molecule has 166 valence electrons. The molecule has 1 amide bonds. The summed E-state index contributed by atoms with van der Waals surface area (Å²) in [4.78, 5) is 12.2. The van der Waals surface area contributed by atoms with Crippen LogP contribution in [0.15, 0.2) is 94.5 Å². The lowest BCUT2D eigenvalue weighted by molar-refractivity contribution is -0.123. The highest BCUT2D eigenvalue weighted by atomic mass is 127. The minimum atomic E-state index is -0.346. The number of amides is 1. The molecule has 5 nitrogen and oxygen atoms in total. The van der Waals surface area contributed by atoms with Crippen molar-refractivity contribution < 1.29 is 14.3 Å². The van der Waals surface area contributed by atoms with Crippen LogP contribution in [-0.4, -0.2) is 18.7 Å². The molecular formula is C26H20BrIN2O3. The maximum absolute atomic E-state index is 12.2. The van der Waals surface area contributed by atoms with Crippen LogP contribution in [0.2, 0.25) is 0 Å². The normalized spacial score (nSPS) is 11.0. The molecule has 4 aromatic rings. The highest BCUT2D eigenvalue weighted by Crippen LogP contribution is 2.27. The number of benzene rings is 4. The second-order valence-electron chi connectivity index (χ2n) is 7.15. The molecule has 0 saturated carbocycles. The topological polar surface area (TPSA) is 59.9 Å². The van der Waals surface area contributed by atoms with Gasteiger partial charge < -0.3 is 9.47 Å². The van der Waals surface area contributed by atoms with Crippen molar-refractivity contribution in [1.29, 1.82) is 0 Å². The van der Waals surface area contributed by atoms with Gasteiger partial charge in [0.15, 0.2) is 6.61 Å². The molecule has 0 radical (unpaired) electrons. The maximum Gasteiger partial charge on any atom is 0.277 e. The van der Waals surface area contributed by atoms with Gasteiger partial charge in [0.25, 0.3) is 5.91 Å². The quantitative estimate of drug-likeness (QED) is 0.144. The number of hydrogen-bond acceptors (Lipinski definition) is 4. The number of nitrogens with zero attached hydrogens (tertiary/aromatic N) is 1. The van der Waals surface area contributed by atoms with Crippen LogP contribution < -0.4 is 14.9 Å². The van der Waals surface area contributed by atoms with Gasteiger partial charge in [-0.05, 0) is 81.4 Å². The summed E-state index contributed by atoms with van der Waals surface area (Å²) < 4.78 is 13.7. The zero-order chi connectivity index (χ0) is 23.0. The lowest BCUT2D eigenvalue weighted by Gasteiger charge is -2.12. The Balaban J connectivity index is 1.46. The van der Waals surface area contributed by atoms with Crippen molar-refractivity contribution in [2.75, 3.05) is 6.61 Å². The molecule has 0 fully saturated rings. The third kappa shape index (κ3) is 6.55.